The van der Waals surface area contributed by atoms with Crippen LogP contribution in [0, 0.1) is 0 Å². The Bertz CT molecular complexity index is 905. The van der Waals surface area contributed by atoms with E-state index in [0.29, 0.717) is 22.6 Å². The van der Waals surface area contributed by atoms with Crippen LogP contribution in [0.3, 0.4) is 0 Å². The maximum atomic E-state index is 12.0. The van der Waals surface area contributed by atoms with E-state index < -0.39 is 0 Å². The molecule has 0 atom stereocenters. The smallest absolute Gasteiger partial charge is 0.204 e. The first-order chi connectivity index (χ1) is 13.9. The van der Waals surface area contributed by atoms with Crippen molar-refractivity contribution in [1.82, 2.24) is 0 Å². The number of carbonyl (C=O) groups is 1. The van der Waals surface area contributed by atoms with Gasteiger partial charge in [0.1, 0.15) is 11.5 Å². The first-order valence-corrected chi connectivity index (χ1v) is 8.71. The lowest BCUT2D eigenvalue weighted by atomic mass is 9.92. The number of methoxy groups -OCH3 is 6. The number of ketones is 1. The van der Waals surface area contributed by atoms with Gasteiger partial charge in [0.15, 0.2) is 23.0 Å². The van der Waals surface area contributed by atoms with Crippen LogP contribution in [0.4, 0.5) is 0 Å². The average molecular weight is 406 g/mol. The van der Waals surface area contributed by atoms with Gasteiger partial charge in [0.25, 0.3) is 0 Å². The molecule has 8 nitrogen and oxygen atoms in total. The van der Waals surface area contributed by atoms with Crippen molar-refractivity contribution in [3.05, 3.63) is 17.7 Å². The van der Waals surface area contributed by atoms with E-state index in [1.54, 1.807) is 6.07 Å². The molecule has 0 aliphatic carbocycles. The molecule has 0 saturated heterocycles. The Morgan fingerprint density at radius 3 is 1.59 bits per heavy atom. The monoisotopic (exact) mass is 406 g/mol. The van der Waals surface area contributed by atoms with E-state index in [4.69, 9.17) is 28.4 Å². The van der Waals surface area contributed by atoms with Crippen molar-refractivity contribution in [3.8, 4) is 51.4 Å². The van der Waals surface area contributed by atoms with Crippen molar-refractivity contribution in [2.24, 2.45) is 0 Å². The normalized spacial score (nSPS) is 10.3. The van der Waals surface area contributed by atoms with E-state index in [2.05, 4.69) is 0 Å². The summed E-state index contributed by atoms with van der Waals surface area (Å²) in [4.78, 5) is 12.0. The molecule has 0 aliphatic rings. The fourth-order valence-electron chi connectivity index (χ4n) is 3.27. The lowest BCUT2D eigenvalue weighted by Crippen LogP contribution is -2.06. The van der Waals surface area contributed by atoms with E-state index in [0.717, 1.165) is 0 Å². The molecule has 0 unspecified atom stereocenters. The highest BCUT2D eigenvalue weighted by molar-refractivity contribution is 5.92. The summed E-state index contributed by atoms with van der Waals surface area (Å²) in [7, 11) is 8.78. The van der Waals surface area contributed by atoms with Gasteiger partial charge in [-0.1, -0.05) is 0 Å². The Balaban J connectivity index is 3.05. The fraction of sp³-hybridized carbons (Fsp3) is 0.381. The van der Waals surface area contributed by atoms with Crippen LogP contribution in [0.25, 0.3) is 11.1 Å². The Morgan fingerprint density at radius 1 is 0.724 bits per heavy atom. The third-order valence-electron chi connectivity index (χ3n) is 4.41. The van der Waals surface area contributed by atoms with Gasteiger partial charge in [0.2, 0.25) is 11.5 Å². The quantitative estimate of drug-likeness (QED) is 0.678. The zero-order valence-electron chi connectivity index (χ0n) is 17.7. The molecule has 0 heterocycles. The maximum absolute atomic E-state index is 12.0. The van der Waals surface area contributed by atoms with Gasteiger partial charge in [-0.15, -0.1) is 0 Å². The van der Waals surface area contributed by atoms with Gasteiger partial charge < -0.3 is 33.5 Å². The highest BCUT2D eigenvalue weighted by atomic mass is 16.5. The Labute approximate surface area is 169 Å². The highest BCUT2D eigenvalue weighted by Crippen LogP contribution is 2.55. The number of benzene rings is 2. The third kappa shape index (κ3) is 3.96. The number of aromatic hydroxyl groups is 1. The number of rotatable bonds is 9. The molecule has 0 saturated carbocycles. The summed E-state index contributed by atoms with van der Waals surface area (Å²) < 4.78 is 32.8. The van der Waals surface area contributed by atoms with Crippen molar-refractivity contribution in [2.45, 2.75) is 13.3 Å². The molecule has 0 aliphatic heterocycles. The van der Waals surface area contributed by atoms with Crippen LogP contribution in [0.15, 0.2) is 12.1 Å². The van der Waals surface area contributed by atoms with Crippen LogP contribution < -0.4 is 28.4 Å². The first-order valence-electron chi connectivity index (χ1n) is 8.71. The number of hydrogen-bond donors (Lipinski definition) is 1. The number of carbonyl (C=O) groups excluding carboxylic acids is 1. The number of phenolic OH excluding ortho intramolecular Hbond substituents is 1. The van der Waals surface area contributed by atoms with Crippen molar-refractivity contribution >= 4 is 5.78 Å². The van der Waals surface area contributed by atoms with Crippen LogP contribution >= 0.6 is 0 Å². The highest BCUT2D eigenvalue weighted by Gasteiger charge is 2.30. The molecule has 0 aromatic heterocycles. The maximum Gasteiger partial charge on any atom is 0.204 e. The Hall–Kier alpha value is -3.29. The summed E-state index contributed by atoms with van der Waals surface area (Å²) >= 11 is 0. The van der Waals surface area contributed by atoms with Gasteiger partial charge in [0.05, 0.1) is 48.2 Å². The lowest BCUT2D eigenvalue weighted by Gasteiger charge is -2.23. The van der Waals surface area contributed by atoms with Crippen LogP contribution in [0.1, 0.15) is 12.5 Å². The molecular weight excluding hydrogens is 380 g/mol. The third-order valence-corrected chi connectivity index (χ3v) is 4.41. The van der Waals surface area contributed by atoms with E-state index in [1.165, 1.54) is 55.6 Å². The Morgan fingerprint density at radius 2 is 1.17 bits per heavy atom. The second kappa shape index (κ2) is 9.27. The minimum Gasteiger partial charge on any atom is -0.507 e. The minimum atomic E-state index is -0.144. The van der Waals surface area contributed by atoms with Gasteiger partial charge in [-0.2, -0.15) is 0 Å². The van der Waals surface area contributed by atoms with Crippen LogP contribution in [0.5, 0.6) is 40.2 Å². The topological polar surface area (TPSA) is 92.7 Å². The lowest BCUT2D eigenvalue weighted by molar-refractivity contribution is -0.116. The SMILES string of the molecule is COc1cc(O)c(-c2c(CC(C)=O)cc(OC)c(OC)c2OC)c(OC)c1OC. The zero-order valence-corrected chi connectivity index (χ0v) is 17.7. The number of ether oxygens (including phenoxy) is 6. The second-order valence-electron chi connectivity index (χ2n) is 6.10. The van der Waals surface area contributed by atoms with Crippen molar-refractivity contribution in [1.29, 1.82) is 0 Å². The summed E-state index contributed by atoms with van der Waals surface area (Å²) in [6.07, 6.45) is 0.0724. The van der Waals surface area contributed by atoms with Crippen molar-refractivity contribution in [2.75, 3.05) is 42.7 Å². The van der Waals surface area contributed by atoms with Gasteiger partial charge >= 0.3 is 0 Å². The molecule has 1 N–H and O–H groups in total. The predicted molar refractivity (Wildman–Crippen MR) is 107 cm³/mol. The van der Waals surface area contributed by atoms with E-state index in [1.807, 2.05) is 0 Å². The number of phenols is 1. The zero-order chi connectivity index (χ0) is 21.7. The van der Waals surface area contributed by atoms with Crippen LogP contribution in [0.2, 0.25) is 0 Å². The Kier molecular flexibility index (Phi) is 7.03. The molecule has 0 amide bonds. The molecular formula is C21H26O8. The van der Waals surface area contributed by atoms with E-state index in [9.17, 15) is 9.90 Å². The van der Waals surface area contributed by atoms with Gasteiger partial charge in [0, 0.05) is 18.1 Å². The molecule has 0 fully saturated rings. The standard InChI is InChI=1S/C21H26O8/c1-11(22)8-12-9-14(24-2)18(26-4)20(28-6)16(12)17-13(23)10-15(25-3)19(27-5)21(17)29-7/h9-10,23H,8H2,1-7H3. The van der Waals surface area contributed by atoms with Crippen LogP contribution in [-0.4, -0.2) is 53.5 Å². The van der Waals surface area contributed by atoms with Crippen molar-refractivity contribution in [3.63, 3.8) is 0 Å². The van der Waals surface area contributed by atoms with E-state index >= 15 is 0 Å². The summed E-state index contributed by atoms with van der Waals surface area (Å²) in [6, 6.07) is 3.08. The largest absolute Gasteiger partial charge is 0.507 e. The molecule has 2 aromatic carbocycles. The molecule has 0 radical (unpaired) electrons. The molecule has 2 aromatic rings. The van der Waals surface area contributed by atoms with Crippen molar-refractivity contribution < 1.29 is 38.3 Å². The number of hydrogen-bond acceptors (Lipinski definition) is 8. The van der Waals surface area contributed by atoms with Gasteiger partial charge in [-0.25, -0.2) is 0 Å². The number of Topliss-reactive ketones (excluding diaryl/α,β-unsaturated/α-hetero) is 1. The molecule has 0 bridgehead atoms. The molecule has 29 heavy (non-hydrogen) atoms. The summed E-state index contributed by atoms with van der Waals surface area (Å²) in [5, 5.41) is 10.8. The average Bonchev–Trinajstić information content (AvgIpc) is 2.71. The molecule has 158 valence electrons. The second-order valence-corrected chi connectivity index (χ2v) is 6.10. The van der Waals surface area contributed by atoms with Crippen LogP contribution in [-0.2, 0) is 11.2 Å². The minimum absolute atomic E-state index is 0.0724. The first kappa shape index (κ1) is 22.0. The summed E-state index contributed by atoms with van der Waals surface area (Å²) in [5.41, 5.74) is 1.27. The summed E-state index contributed by atoms with van der Waals surface area (Å²) in [5.74, 6) is 1.56. The fourth-order valence-corrected chi connectivity index (χ4v) is 3.27. The predicted octanol–water partition coefficient (Wildman–Crippen LogP) is 3.24. The molecule has 2 rings (SSSR count). The molecule has 8 heteroatoms. The van der Waals surface area contributed by atoms with E-state index in [-0.39, 0.29) is 46.5 Å². The molecule has 0 spiro atoms. The van der Waals surface area contributed by atoms with Gasteiger partial charge in [-0.3, -0.25) is 4.79 Å². The van der Waals surface area contributed by atoms with Gasteiger partial charge in [-0.05, 0) is 18.6 Å². The summed E-state index contributed by atoms with van der Waals surface area (Å²) in [6.45, 7) is 1.47.